The van der Waals surface area contributed by atoms with Gasteiger partial charge in [0.1, 0.15) is 0 Å². The molecule has 1 unspecified atom stereocenters. The molecule has 2 N–H and O–H groups in total. The van der Waals surface area contributed by atoms with Gasteiger partial charge in [0.25, 0.3) is 0 Å². The van der Waals surface area contributed by atoms with Crippen molar-refractivity contribution in [3.05, 3.63) is 43.0 Å². The summed E-state index contributed by atoms with van der Waals surface area (Å²) in [6.07, 6.45) is 3.47. The Kier molecular flexibility index (Phi) is 6.11. The summed E-state index contributed by atoms with van der Waals surface area (Å²) in [6, 6.07) is 10.5. The van der Waals surface area contributed by atoms with Crippen LogP contribution in [0, 0.1) is 0 Å². The molecule has 0 amide bonds. The summed E-state index contributed by atoms with van der Waals surface area (Å²) in [6.45, 7) is 5.02. The Morgan fingerprint density at radius 1 is 1.24 bits per heavy atom. The van der Waals surface area contributed by atoms with Crippen LogP contribution in [-0.2, 0) is 11.1 Å². The first-order chi connectivity index (χ1) is 12.0. The molecule has 0 bridgehead atoms. The molecule has 2 heterocycles. The van der Waals surface area contributed by atoms with E-state index < -0.39 is 4.43 Å². The summed E-state index contributed by atoms with van der Waals surface area (Å²) in [4.78, 5) is 12.6. The van der Waals surface area contributed by atoms with Gasteiger partial charge >= 0.3 is 161 Å². The molecule has 3 aromatic rings. The van der Waals surface area contributed by atoms with Gasteiger partial charge in [-0.05, 0) is 0 Å². The van der Waals surface area contributed by atoms with E-state index in [0.717, 1.165) is 17.5 Å². The molecule has 0 aliphatic carbocycles. The molecule has 0 radical (unpaired) electrons. The normalized spacial score (nSPS) is 14.0. The second-order valence-electron chi connectivity index (χ2n) is 5.69. The number of imidazole rings is 1. The topological polar surface area (TPSA) is 78.9 Å². The quantitative estimate of drug-likeness (QED) is 0.409. The summed E-state index contributed by atoms with van der Waals surface area (Å²) >= 11 is 3.71. The number of anilines is 1. The number of nitrogens with zero attached hydrogens (tertiary/aromatic N) is 4. The molecule has 0 aliphatic rings. The SMILES string of the molecule is CC(C)OP(=[Se])([Se]CCn1cnc2c(N)ncnc21)c1ccccc1. The Bertz CT molecular complexity index is 900. The number of hydrogen-bond donors (Lipinski definition) is 1. The van der Waals surface area contributed by atoms with Crippen LogP contribution in [0.3, 0.4) is 0 Å². The molecule has 1 aromatic carbocycles. The fourth-order valence-electron chi connectivity index (χ4n) is 2.38. The van der Waals surface area contributed by atoms with E-state index in [1.54, 1.807) is 6.33 Å². The Labute approximate surface area is 160 Å². The summed E-state index contributed by atoms with van der Waals surface area (Å²) in [5.74, 6) is 0.423. The second-order valence-corrected chi connectivity index (χ2v) is 20.1. The van der Waals surface area contributed by atoms with E-state index in [-0.39, 0.29) is 6.10 Å². The zero-order valence-corrected chi connectivity index (χ0v) is 18.4. The van der Waals surface area contributed by atoms with Crippen molar-refractivity contribution in [3.8, 4) is 0 Å². The van der Waals surface area contributed by atoms with E-state index in [9.17, 15) is 0 Å². The number of aryl methyl sites for hydroxylation is 1. The minimum atomic E-state index is -1.72. The van der Waals surface area contributed by atoms with E-state index >= 15 is 0 Å². The molecule has 0 aliphatic heterocycles. The van der Waals surface area contributed by atoms with Crippen molar-refractivity contribution < 1.29 is 4.52 Å². The van der Waals surface area contributed by atoms with Crippen LogP contribution in [0.2, 0.25) is 5.32 Å². The van der Waals surface area contributed by atoms with Crippen molar-refractivity contribution in [2.75, 3.05) is 5.73 Å². The first kappa shape index (κ1) is 18.8. The van der Waals surface area contributed by atoms with Gasteiger partial charge in [-0.1, -0.05) is 0 Å². The van der Waals surface area contributed by atoms with Gasteiger partial charge in [-0.25, -0.2) is 0 Å². The van der Waals surface area contributed by atoms with Gasteiger partial charge in [-0.3, -0.25) is 0 Å². The molecular formula is C16H20N5OPSe2. The predicted molar refractivity (Wildman–Crippen MR) is 105 cm³/mol. The van der Waals surface area contributed by atoms with Crippen LogP contribution in [0.15, 0.2) is 43.0 Å². The van der Waals surface area contributed by atoms with Crippen molar-refractivity contribution in [3.63, 3.8) is 0 Å². The third kappa shape index (κ3) is 4.40. The van der Waals surface area contributed by atoms with Gasteiger partial charge in [0.15, 0.2) is 0 Å². The number of fused-ring (bicyclic) bond motifs is 1. The Morgan fingerprint density at radius 3 is 2.72 bits per heavy atom. The molecule has 3 rings (SSSR count). The molecule has 132 valence electrons. The Morgan fingerprint density at radius 2 is 2.00 bits per heavy atom. The van der Waals surface area contributed by atoms with E-state index in [0.29, 0.717) is 25.8 Å². The van der Waals surface area contributed by atoms with E-state index in [4.69, 9.17) is 10.3 Å². The fourth-order valence-corrected chi connectivity index (χ4v) is 14.0. The maximum absolute atomic E-state index is 6.36. The van der Waals surface area contributed by atoms with Crippen LogP contribution in [0.25, 0.3) is 11.2 Å². The van der Waals surface area contributed by atoms with E-state index in [1.165, 1.54) is 11.6 Å². The van der Waals surface area contributed by atoms with Crippen molar-refractivity contribution in [2.24, 2.45) is 0 Å². The van der Waals surface area contributed by atoms with Crippen LogP contribution in [0.5, 0.6) is 0 Å². The molecule has 1 atom stereocenters. The van der Waals surface area contributed by atoms with Gasteiger partial charge in [0, 0.05) is 0 Å². The van der Waals surface area contributed by atoms with Gasteiger partial charge < -0.3 is 0 Å². The van der Waals surface area contributed by atoms with Crippen molar-refractivity contribution in [1.82, 2.24) is 19.5 Å². The van der Waals surface area contributed by atoms with Crippen LogP contribution in [-0.4, -0.2) is 55.2 Å². The third-order valence-corrected chi connectivity index (χ3v) is 16.5. The zero-order chi connectivity index (χ0) is 17.9. The first-order valence-corrected chi connectivity index (χ1v) is 15.2. The average Bonchev–Trinajstić information content (AvgIpc) is 3.00. The number of nitrogen functional groups attached to an aromatic ring is 1. The average molecular weight is 487 g/mol. The van der Waals surface area contributed by atoms with Crippen molar-refractivity contribution >= 4 is 56.3 Å². The number of rotatable bonds is 7. The standard InChI is InChI=1S/C16H20N5OPSe2/c1-12(2)22-23(24,13-6-4-3-5-7-13)25-9-8-21-11-20-14-15(17)18-10-19-16(14)21/h3-7,10-12H,8-9H2,1-2H3,(H2,17,18,19). The third-order valence-electron chi connectivity index (χ3n) is 3.44. The Hall–Kier alpha value is -1.00. The monoisotopic (exact) mass is 489 g/mol. The number of benzene rings is 1. The molecule has 2 aromatic heterocycles. The summed E-state index contributed by atoms with van der Waals surface area (Å²) in [5, 5.41) is 2.30. The molecule has 0 saturated heterocycles. The second kappa shape index (κ2) is 8.13. The van der Waals surface area contributed by atoms with Gasteiger partial charge in [0.2, 0.25) is 0 Å². The molecule has 0 saturated carbocycles. The molecular weight excluding hydrogens is 467 g/mol. The van der Waals surface area contributed by atoms with Crippen molar-refractivity contribution in [2.45, 2.75) is 31.8 Å². The summed E-state index contributed by atoms with van der Waals surface area (Å²) in [7, 11) is 0. The molecule has 0 fully saturated rings. The zero-order valence-electron chi connectivity index (χ0n) is 14.1. The number of nitrogens with two attached hydrogens (primary N) is 1. The van der Waals surface area contributed by atoms with E-state index in [2.05, 4.69) is 68.2 Å². The first-order valence-electron chi connectivity index (χ1n) is 7.89. The molecule has 9 heteroatoms. The van der Waals surface area contributed by atoms with E-state index in [1.807, 2.05) is 10.6 Å². The summed E-state index contributed by atoms with van der Waals surface area (Å²) < 4.78 is 6.68. The minimum absolute atomic E-state index is 0.193. The Balaban J connectivity index is 1.75. The maximum atomic E-state index is 6.36. The number of hydrogen-bond acceptors (Lipinski definition) is 5. The van der Waals surface area contributed by atoms with Gasteiger partial charge in [-0.2, -0.15) is 0 Å². The van der Waals surface area contributed by atoms with Gasteiger partial charge in [-0.15, -0.1) is 0 Å². The molecule has 0 spiro atoms. The number of aromatic nitrogens is 4. The van der Waals surface area contributed by atoms with Crippen LogP contribution in [0.1, 0.15) is 13.8 Å². The van der Waals surface area contributed by atoms with Gasteiger partial charge in [0.05, 0.1) is 0 Å². The van der Waals surface area contributed by atoms with Crippen molar-refractivity contribution in [1.29, 1.82) is 0 Å². The predicted octanol–water partition coefficient (Wildman–Crippen LogP) is 2.21. The van der Waals surface area contributed by atoms with Crippen LogP contribution < -0.4 is 11.0 Å². The molecule has 25 heavy (non-hydrogen) atoms. The van der Waals surface area contributed by atoms with Crippen LogP contribution in [0.4, 0.5) is 5.82 Å². The van der Waals surface area contributed by atoms with Crippen LogP contribution >= 0.6 is 4.43 Å². The molecule has 6 nitrogen and oxygen atoms in total. The summed E-state index contributed by atoms with van der Waals surface area (Å²) in [5.41, 5.74) is 7.31. The fraction of sp³-hybridized carbons (Fsp3) is 0.312.